The maximum absolute atomic E-state index is 12.3. The number of carbonyl (C=O) groups excluding carboxylic acids is 2. The summed E-state index contributed by atoms with van der Waals surface area (Å²) in [6, 6.07) is 14.1. The molecule has 4 heteroatoms. The van der Waals surface area contributed by atoms with Crippen molar-refractivity contribution in [1.29, 1.82) is 0 Å². The first-order chi connectivity index (χ1) is 11.5. The van der Waals surface area contributed by atoms with E-state index in [9.17, 15) is 9.59 Å². The Morgan fingerprint density at radius 3 is 2.08 bits per heavy atom. The van der Waals surface area contributed by atoms with Gasteiger partial charge in [0.2, 0.25) is 0 Å². The van der Waals surface area contributed by atoms with Crippen LogP contribution in [-0.2, 0) is 11.2 Å². The van der Waals surface area contributed by atoms with Crippen molar-refractivity contribution in [1.82, 2.24) is 0 Å². The molecule has 0 radical (unpaired) electrons. The van der Waals surface area contributed by atoms with Gasteiger partial charge >= 0.3 is 5.97 Å². The highest BCUT2D eigenvalue weighted by atomic mass is 16.5. The van der Waals surface area contributed by atoms with Gasteiger partial charge in [0.05, 0.1) is 13.0 Å². The largest absolute Gasteiger partial charge is 0.497 e. The van der Waals surface area contributed by atoms with E-state index in [1.54, 1.807) is 55.6 Å². The van der Waals surface area contributed by atoms with Gasteiger partial charge in [0, 0.05) is 12.0 Å². The summed E-state index contributed by atoms with van der Waals surface area (Å²) in [6.45, 7) is 3.78. The molecule has 2 rings (SSSR count). The molecule has 0 aromatic heterocycles. The standard InChI is InChI=1S/C20H22O4/c1-4-14(2)20(22)24-18-9-5-15(6-10-18)13-19(21)16-7-11-17(23-3)12-8-16/h5-12,14H,4,13H2,1-3H3. The monoisotopic (exact) mass is 326 g/mol. The number of ether oxygens (including phenoxy) is 2. The Morgan fingerprint density at radius 1 is 0.958 bits per heavy atom. The van der Waals surface area contributed by atoms with Gasteiger partial charge in [0.25, 0.3) is 0 Å². The van der Waals surface area contributed by atoms with Crippen LogP contribution in [-0.4, -0.2) is 18.9 Å². The Kier molecular flexibility index (Phi) is 6.13. The highest BCUT2D eigenvalue weighted by molar-refractivity contribution is 5.97. The Labute approximate surface area is 142 Å². The topological polar surface area (TPSA) is 52.6 Å². The molecule has 0 aliphatic carbocycles. The fourth-order valence-electron chi connectivity index (χ4n) is 2.12. The molecule has 1 atom stereocenters. The van der Waals surface area contributed by atoms with Crippen LogP contribution < -0.4 is 9.47 Å². The summed E-state index contributed by atoms with van der Waals surface area (Å²) in [7, 11) is 1.59. The lowest BCUT2D eigenvalue weighted by Crippen LogP contribution is -2.16. The van der Waals surface area contributed by atoms with E-state index in [2.05, 4.69) is 0 Å². The lowest BCUT2D eigenvalue weighted by atomic mass is 10.0. The normalized spacial score (nSPS) is 11.6. The number of Topliss-reactive ketones (excluding diaryl/α,β-unsaturated/α-hetero) is 1. The van der Waals surface area contributed by atoms with Crippen LogP contribution in [0.4, 0.5) is 0 Å². The highest BCUT2D eigenvalue weighted by Gasteiger charge is 2.13. The first kappa shape index (κ1) is 17.7. The predicted octanol–water partition coefficient (Wildman–Crippen LogP) is 4.07. The molecule has 2 aromatic rings. The van der Waals surface area contributed by atoms with E-state index in [0.29, 0.717) is 17.7 Å². The summed E-state index contributed by atoms with van der Waals surface area (Å²) in [5.41, 5.74) is 1.52. The average Bonchev–Trinajstić information content (AvgIpc) is 2.62. The third-order valence-electron chi connectivity index (χ3n) is 3.93. The third-order valence-corrected chi connectivity index (χ3v) is 3.93. The smallest absolute Gasteiger partial charge is 0.314 e. The number of ketones is 1. The van der Waals surface area contributed by atoms with Crippen LogP contribution in [0, 0.1) is 5.92 Å². The zero-order chi connectivity index (χ0) is 17.5. The zero-order valence-corrected chi connectivity index (χ0v) is 14.2. The second kappa shape index (κ2) is 8.29. The van der Waals surface area contributed by atoms with E-state index < -0.39 is 0 Å². The minimum Gasteiger partial charge on any atom is -0.497 e. The van der Waals surface area contributed by atoms with Crippen molar-refractivity contribution >= 4 is 11.8 Å². The Morgan fingerprint density at radius 2 is 1.54 bits per heavy atom. The van der Waals surface area contributed by atoms with Crippen molar-refractivity contribution in [3.05, 3.63) is 59.7 Å². The summed E-state index contributed by atoms with van der Waals surface area (Å²) < 4.78 is 10.4. The average molecular weight is 326 g/mol. The van der Waals surface area contributed by atoms with E-state index in [1.165, 1.54) is 0 Å². The van der Waals surface area contributed by atoms with Crippen molar-refractivity contribution in [2.24, 2.45) is 5.92 Å². The molecule has 126 valence electrons. The molecule has 0 bridgehead atoms. The molecular formula is C20H22O4. The number of methoxy groups -OCH3 is 1. The molecule has 0 amide bonds. The molecule has 0 saturated carbocycles. The van der Waals surface area contributed by atoms with Crippen molar-refractivity contribution in [3.8, 4) is 11.5 Å². The van der Waals surface area contributed by atoms with Crippen molar-refractivity contribution < 1.29 is 19.1 Å². The van der Waals surface area contributed by atoms with Gasteiger partial charge in [-0.3, -0.25) is 9.59 Å². The highest BCUT2D eigenvalue weighted by Crippen LogP contribution is 2.17. The van der Waals surface area contributed by atoms with Gasteiger partial charge in [-0.1, -0.05) is 26.0 Å². The molecule has 0 fully saturated rings. The molecule has 2 aromatic carbocycles. The number of benzene rings is 2. The Hall–Kier alpha value is -2.62. The van der Waals surface area contributed by atoms with E-state index in [4.69, 9.17) is 9.47 Å². The second-order valence-electron chi connectivity index (χ2n) is 5.70. The van der Waals surface area contributed by atoms with E-state index in [0.717, 1.165) is 17.7 Å². The summed E-state index contributed by atoms with van der Waals surface area (Å²) in [6.07, 6.45) is 1.04. The fourth-order valence-corrected chi connectivity index (χ4v) is 2.12. The molecule has 0 spiro atoms. The maximum atomic E-state index is 12.3. The quantitative estimate of drug-likeness (QED) is 0.437. The lowest BCUT2D eigenvalue weighted by Gasteiger charge is -2.09. The zero-order valence-electron chi connectivity index (χ0n) is 14.2. The summed E-state index contributed by atoms with van der Waals surface area (Å²) >= 11 is 0. The van der Waals surface area contributed by atoms with Gasteiger partial charge < -0.3 is 9.47 Å². The molecule has 0 aliphatic rings. The predicted molar refractivity (Wildman–Crippen MR) is 92.6 cm³/mol. The molecule has 0 saturated heterocycles. The molecule has 1 unspecified atom stereocenters. The molecule has 24 heavy (non-hydrogen) atoms. The van der Waals surface area contributed by atoms with Crippen LogP contribution >= 0.6 is 0 Å². The second-order valence-corrected chi connectivity index (χ2v) is 5.70. The van der Waals surface area contributed by atoms with Gasteiger partial charge in [-0.15, -0.1) is 0 Å². The first-order valence-corrected chi connectivity index (χ1v) is 8.01. The number of rotatable bonds is 7. The maximum Gasteiger partial charge on any atom is 0.314 e. The number of carbonyl (C=O) groups is 2. The fraction of sp³-hybridized carbons (Fsp3) is 0.300. The van der Waals surface area contributed by atoms with Gasteiger partial charge in [0.15, 0.2) is 5.78 Å². The minimum atomic E-state index is -0.237. The number of esters is 1. The third kappa shape index (κ3) is 4.69. The van der Waals surface area contributed by atoms with Crippen LogP contribution in [0.5, 0.6) is 11.5 Å². The van der Waals surface area contributed by atoms with Crippen molar-refractivity contribution in [2.75, 3.05) is 7.11 Å². The minimum absolute atomic E-state index is 0.0296. The van der Waals surface area contributed by atoms with Crippen LogP contribution in [0.3, 0.4) is 0 Å². The van der Waals surface area contributed by atoms with Gasteiger partial charge in [-0.05, 0) is 48.4 Å². The molecule has 0 heterocycles. The molecule has 0 N–H and O–H groups in total. The Bertz CT molecular complexity index is 687. The van der Waals surface area contributed by atoms with E-state index in [1.807, 2.05) is 13.8 Å². The summed E-state index contributed by atoms with van der Waals surface area (Å²) in [5, 5.41) is 0. The van der Waals surface area contributed by atoms with Gasteiger partial charge in [0.1, 0.15) is 11.5 Å². The van der Waals surface area contributed by atoms with E-state index >= 15 is 0 Å². The SMILES string of the molecule is CCC(C)C(=O)Oc1ccc(CC(=O)c2ccc(OC)cc2)cc1. The number of hydrogen-bond acceptors (Lipinski definition) is 4. The van der Waals surface area contributed by atoms with Gasteiger partial charge in [-0.25, -0.2) is 0 Å². The van der Waals surface area contributed by atoms with Crippen molar-refractivity contribution in [2.45, 2.75) is 26.7 Å². The van der Waals surface area contributed by atoms with Crippen molar-refractivity contribution in [3.63, 3.8) is 0 Å². The van der Waals surface area contributed by atoms with Gasteiger partial charge in [-0.2, -0.15) is 0 Å². The molecular weight excluding hydrogens is 304 g/mol. The summed E-state index contributed by atoms with van der Waals surface area (Å²) in [5.74, 6) is 0.892. The van der Waals surface area contributed by atoms with E-state index in [-0.39, 0.29) is 17.7 Å². The summed E-state index contributed by atoms with van der Waals surface area (Å²) in [4.78, 5) is 24.0. The Balaban J connectivity index is 1.97. The van der Waals surface area contributed by atoms with Crippen LogP contribution in [0.1, 0.15) is 36.2 Å². The molecule has 0 aliphatic heterocycles. The van der Waals surface area contributed by atoms with Crippen LogP contribution in [0.25, 0.3) is 0 Å². The lowest BCUT2D eigenvalue weighted by molar-refractivity contribution is -0.138. The van der Waals surface area contributed by atoms with Crippen LogP contribution in [0.2, 0.25) is 0 Å². The number of hydrogen-bond donors (Lipinski definition) is 0. The van der Waals surface area contributed by atoms with Crippen LogP contribution in [0.15, 0.2) is 48.5 Å². The first-order valence-electron chi connectivity index (χ1n) is 8.01. The molecule has 4 nitrogen and oxygen atoms in total.